The standard InChI is InChI=1S/C31H27Cl3N4O3/c1-17-26-28(37-41-17)27-23(34)10-6-12-25(27)38(29(26)39)21-14-13-20(16-21)35-30(40)31(2,18-7-5-8-19(32)15-18)36-24-11-4-3-9-22(24)33/h3-12,15,20-21,36H,13-14,16H2,1-2H3,(H,35,40). The van der Waals surface area contributed by atoms with Crippen LogP contribution in [0.5, 0.6) is 0 Å². The maximum atomic E-state index is 14.0. The molecule has 210 valence electrons. The van der Waals surface area contributed by atoms with E-state index < -0.39 is 5.54 Å². The molecule has 1 saturated carbocycles. The van der Waals surface area contributed by atoms with Gasteiger partial charge in [-0.05, 0) is 75.1 Å². The van der Waals surface area contributed by atoms with Gasteiger partial charge in [0, 0.05) is 22.5 Å². The highest BCUT2D eigenvalue weighted by Crippen LogP contribution is 2.37. The van der Waals surface area contributed by atoms with Gasteiger partial charge in [0.2, 0.25) is 5.91 Å². The number of carbonyl (C=O) groups is 1. The molecular weight excluding hydrogens is 583 g/mol. The van der Waals surface area contributed by atoms with Crippen molar-refractivity contribution >= 4 is 68.2 Å². The number of amides is 1. The summed E-state index contributed by atoms with van der Waals surface area (Å²) in [6, 6.07) is 19.7. The molecule has 3 aromatic carbocycles. The van der Waals surface area contributed by atoms with E-state index in [0.29, 0.717) is 73.1 Å². The summed E-state index contributed by atoms with van der Waals surface area (Å²) in [5, 5.41) is 13.4. The lowest BCUT2D eigenvalue weighted by Crippen LogP contribution is -2.50. The van der Waals surface area contributed by atoms with Crippen LogP contribution in [0.25, 0.3) is 21.8 Å². The fraction of sp³-hybridized carbons (Fsp3) is 0.258. The number of fused-ring (bicyclic) bond motifs is 3. The summed E-state index contributed by atoms with van der Waals surface area (Å²) < 4.78 is 7.18. The number of rotatable bonds is 6. The monoisotopic (exact) mass is 608 g/mol. The summed E-state index contributed by atoms with van der Waals surface area (Å²) in [6.07, 6.45) is 1.97. The van der Waals surface area contributed by atoms with Crippen LogP contribution in [-0.4, -0.2) is 21.7 Å². The number of pyridine rings is 1. The van der Waals surface area contributed by atoms with Crippen LogP contribution in [0, 0.1) is 6.92 Å². The highest BCUT2D eigenvalue weighted by atomic mass is 35.5. The van der Waals surface area contributed by atoms with Gasteiger partial charge in [-0.3, -0.25) is 9.59 Å². The Morgan fingerprint density at radius 3 is 2.54 bits per heavy atom. The van der Waals surface area contributed by atoms with Crippen LogP contribution in [-0.2, 0) is 10.3 Å². The summed E-state index contributed by atoms with van der Waals surface area (Å²) in [6.45, 7) is 3.54. The highest BCUT2D eigenvalue weighted by molar-refractivity contribution is 6.37. The van der Waals surface area contributed by atoms with Gasteiger partial charge in [0.05, 0.1) is 21.2 Å². The number of anilines is 1. The molecule has 0 spiro atoms. The van der Waals surface area contributed by atoms with E-state index in [1.54, 1.807) is 35.8 Å². The van der Waals surface area contributed by atoms with Crippen LogP contribution >= 0.6 is 34.8 Å². The molecule has 0 bridgehead atoms. The molecule has 6 rings (SSSR count). The number of nitrogens with one attached hydrogen (secondary N) is 2. The van der Waals surface area contributed by atoms with Crippen LogP contribution in [0.3, 0.4) is 0 Å². The summed E-state index contributed by atoms with van der Waals surface area (Å²) in [7, 11) is 0. The molecule has 0 aliphatic heterocycles. The molecule has 5 aromatic rings. The van der Waals surface area contributed by atoms with Crippen molar-refractivity contribution in [2.45, 2.75) is 50.7 Å². The molecule has 0 saturated heterocycles. The largest absolute Gasteiger partial charge is 0.367 e. The molecule has 0 radical (unpaired) electrons. The van der Waals surface area contributed by atoms with Crippen molar-refractivity contribution in [1.82, 2.24) is 15.0 Å². The second-order valence-corrected chi connectivity index (χ2v) is 11.9. The van der Waals surface area contributed by atoms with Crippen molar-refractivity contribution in [2.24, 2.45) is 0 Å². The normalized spacial score (nSPS) is 18.5. The Morgan fingerprint density at radius 1 is 1.00 bits per heavy atom. The van der Waals surface area contributed by atoms with E-state index >= 15 is 0 Å². The van der Waals surface area contributed by atoms with Crippen LogP contribution in [0.1, 0.15) is 43.6 Å². The quantitative estimate of drug-likeness (QED) is 0.206. The maximum absolute atomic E-state index is 14.0. The first-order valence-electron chi connectivity index (χ1n) is 13.4. The Hall–Kier alpha value is -3.52. The van der Waals surface area contributed by atoms with E-state index in [9.17, 15) is 9.59 Å². The van der Waals surface area contributed by atoms with Crippen molar-refractivity contribution in [1.29, 1.82) is 0 Å². The van der Waals surface area contributed by atoms with Crippen molar-refractivity contribution in [3.8, 4) is 0 Å². The zero-order chi connectivity index (χ0) is 28.9. The molecule has 1 aliphatic carbocycles. The first-order valence-corrected chi connectivity index (χ1v) is 14.5. The molecular formula is C31H27Cl3N4O3. The van der Waals surface area contributed by atoms with Crippen LogP contribution in [0.2, 0.25) is 15.1 Å². The van der Waals surface area contributed by atoms with Gasteiger partial charge < -0.3 is 19.7 Å². The highest BCUT2D eigenvalue weighted by Gasteiger charge is 2.39. The molecule has 3 atom stereocenters. The summed E-state index contributed by atoms with van der Waals surface area (Å²) in [5.41, 5.74) is 1.14. The summed E-state index contributed by atoms with van der Waals surface area (Å²) >= 11 is 19.4. The van der Waals surface area contributed by atoms with E-state index in [2.05, 4.69) is 15.8 Å². The number of para-hydroxylation sites is 1. The predicted molar refractivity (Wildman–Crippen MR) is 164 cm³/mol. The molecule has 2 N–H and O–H groups in total. The molecule has 2 aromatic heterocycles. The lowest BCUT2D eigenvalue weighted by atomic mass is 9.90. The third-order valence-electron chi connectivity index (χ3n) is 8.00. The SMILES string of the molecule is Cc1onc2c1c(=O)n(C1CCC(NC(=O)C(C)(Nc3ccccc3Cl)c3cccc(Cl)c3)C1)c1cccc(Cl)c21. The molecule has 2 heterocycles. The van der Waals surface area contributed by atoms with Gasteiger partial charge in [-0.25, -0.2) is 0 Å². The summed E-state index contributed by atoms with van der Waals surface area (Å²) in [4.78, 5) is 27.8. The fourth-order valence-corrected chi connectivity index (χ4v) is 6.51. The predicted octanol–water partition coefficient (Wildman–Crippen LogP) is 7.65. The Kier molecular flexibility index (Phi) is 7.22. The number of hydrogen-bond donors (Lipinski definition) is 2. The Bertz CT molecular complexity index is 1870. The molecule has 1 amide bonds. The number of carbonyl (C=O) groups excluding carboxylic acids is 1. The first-order chi connectivity index (χ1) is 19.7. The number of aromatic nitrogens is 2. The van der Waals surface area contributed by atoms with Crippen molar-refractivity contribution in [3.05, 3.63) is 103 Å². The van der Waals surface area contributed by atoms with Gasteiger partial charge in [0.1, 0.15) is 22.2 Å². The fourth-order valence-electron chi connectivity index (χ4n) is 5.88. The van der Waals surface area contributed by atoms with E-state index in [1.165, 1.54) is 0 Å². The van der Waals surface area contributed by atoms with Crippen LogP contribution in [0.4, 0.5) is 5.69 Å². The topological polar surface area (TPSA) is 89.2 Å². The molecule has 1 fully saturated rings. The third kappa shape index (κ3) is 4.86. The zero-order valence-electron chi connectivity index (χ0n) is 22.4. The Labute approximate surface area is 251 Å². The van der Waals surface area contributed by atoms with E-state index in [-0.39, 0.29) is 23.6 Å². The van der Waals surface area contributed by atoms with Gasteiger partial charge in [0.15, 0.2) is 0 Å². The summed E-state index contributed by atoms with van der Waals surface area (Å²) in [5.74, 6) is 0.224. The van der Waals surface area contributed by atoms with Crippen molar-refractivity contribution in [2.75, 3.05) is 5.32 Å². The lowest BCUT2D eigenvalue weighted by molar-refractivity contribution is -0.126. The minimum absolute atomic E-state index is 0.151. The third-order valence-corrected chi connectivity index (χ3v) is 8.88. The number of halogens is 3. The van der Waals surface area contributed by atoms with Crippen molar-refractivity contribution < 1.29 is 9.32 Å². The average molecular weight is 610 g/mol. The molecule has 10 heteroatoms. The van der Waals surface area contributed by atoms with E-state index in [0.717, 1.165) is 0 Å². The number of nitrogens with zero attached hydrogens (tertiary/aromatic N) is 2. The smallest absolute Gasteiger partial charge is 0.264 e. The van der Waals surface area contributed by atoms with Crippen LogP contribution < -0.4 is 16.2 Å². The van der Waals surface area contributed by atoms with Gasteiger partial charge in [-0.1, -0.05) is 70.3 Å². The average Bonchev–Trinajstić information content (AvgIpc) is 3.56. The second kappa shape index (κ2) is 10.7. The molecule has 1 aliphatic rings. The van der Waals surface area contributed by atoms with Gasteiger partial charge in [-0.2, -0.15) is 0 Å². The Balaban J connectivity index is 1.33. The van der Waals surface area contributed by atoms with Gasteiger partial charge in [-0.15, -0.1) is 0 Å². The molecule has 7 nitrogen and oxygen atoms in total. The number of benzene rings is 3. The van der Waals surface area contributed by atoms with Crippen LogP contribution in [0.15, 0.2) is 76.0 Å². The number of aryl methyl sites for hydroxylation is 1. The van der Waals surface area contributed by atoms with Crippen molar-refractivity contribution in [3.63, 3.8) is 0 Å². The minimum atomic E-state index is -1.18. The lowest BCUT2D eigenvalue weighted by Gasteiger charge is -2.33. The Morgan fingerprint density at radius 2 is 1.76 bits per heavy atom. The maximum Gasteiger partial charge on any atom is 0.264 e. The first kappa shape index (κ1) is 27.6. The molecule has 41 heavy (non-hydrogen) atoms. The van der Waals surface area contributed by atoms with E-state index in [1.807, 2.05) is 49.4 Å². The van der Waals surface area contributed by atoms with E-state index in [4.69, 9.17) is 39.3 Å². The zero-order valence-corrected chi connectivity index (χ0v) is 24.6. The minimum Gasteiger partial charge on any atom is -0.367 e. The number of hydrogen-bond acceptors (Lipinski definition) is 5. The van der Waals surface area contributed by atoms with Gasteiger partial charge in [0.25, 0.3) is 5.56 Å². The molecule has 3 unspecified atom stereocenters. The van der Waals surface area contributed by atoms with Gasteiger partial charge >= 0.3 is 0 Å². The second-order valence-electron chi connectivity index (χ2n) is 10.6.